The molecule has 0 amide bonds. The van der Waals surface area contributed by atoms with Crippen LogP contribution < -0.4 is 11.1 Å². The van der Waals surface area contributed by atoms with Crippen molar-refractivity contribution in [2.75, 3.05) is 17.6 Å². The van der Waals surface area contributed by atoms with Crippen LogP contribution in [-0.2, 0) is 12.6 Å². The van der Waals surface area contributed by atoms with E-state index in [-0.39, 0.29) is 5.82 Å². The van der Waals surface area contributed by atoms with Crippen LogP contribution in [0.4, 0.5) is 24.9 Å². The van der Waals surface area contributed by atoms with Crippen molar-refractivity contribution in [3.63, 3.8) is 0 Å². The first-order valence-electron chi connectivity index (χ1n) is 10.5. The molecule has 2 aromatic carbocycles. The van der Waals surface area contributed by atoms with Gasteiger partial charge in [0.25, 0.3) is 0 Å². The largest absolute Gasteiger partial charge is 0.416 e. The molecule has 0 fully saturated rings. The lowest BCUT2D eigenvalue weighted by Crippen LogP contribution is -2.08. The van der Waals surface area contributed by atoms with Crippen LogP contribution in [0.2, 0.25) is 0 Å². The van der Waals surface area contributed by atoms with Crippen LogP contribution in [0.25, 0.3) is 28.0 Å². The highest BCUT2D eigenvalue weighted by Crippen LogP contribution is 2.34. The number of rotatable bonds is 6. The number of aromatic nitrogens is 4. The molecule has 0 aliphatic carbocycles. The summed E-state index contributed by atoms with van der Waals surface area (Å²) in [4.78, 5) is 10.5. The van der Waals surface area contributed by atoms with Gasteiger partial charge in [-0.15, -0.1) is 16.4 Å². The number of alkyl halides is 3. The summed E-state index contributed by atoms with van der Waals surface area (Å²) in [6.45, 7) is 0.634. The van der Waals surface area contributed by atoms with Gasteiger partial charge in [0.2, 0.25) is 5.95 Å². The fourth-order valence-electron chi connectivity index (χ4n) is 3.64. The van der Waals surface area contributed by atoms with E-state index in [0.29, 0.717) is 34.9 Å². The molecule has 0 spiro atoms. The predicted molar refractivity (Wildman–Crippen MR) is 128 cm³/mol. The summed E-state index contributed by atoms with van der Waals surface area (Å²) in [5, 5.41) is 10.3. The molecule has 3 aromatic heterocycles. The van der Waals surface area contributed by atoms with E-state index in [4.69, 9.17) is 10.7 Å². The maximum atomic E-state index is 13.0. The molecule has 0 atom stereocenters. The SMILES string of the molecule is Nc1c2c(-c3ccccc3)nc(NCCc3cccs3)nc2nn1-c1ccc(C(F)(F)F)cc1. The number of nitrogens with two attached hydrogens (primary N) is 1. The van der Waals surface area contributed by atoms with Crippen LogP contribution in [0.5, 0.6) is 0 Å². The molecule has 172 valence electrons. The molecule has 0 saturated heterocycles. The number of benzene rings is 2. The number of thiophene rings is 1. The van der Waals surface area contributed by atoms with Crippen molar-refractivity contribution in [2.45, 2.75) is 12.6 Å². The van der Waals surface area contributed by atoms with Gasteiger partial charge >= 0.3 is 6.18 Å². The molecule has 10 heteroatoms. The Balaban J connectivity index is 1.56. The molecule has 0 saturated carbocycles. The number of nitrogen functional groups attached to an aromatic ring is 1. The van der Waals surface area contributed by atoms with Gasteiger partial charge in [0.15, 0.2) is 5.65 Å². The van der Waals surface area contributed by atoms with Gasteiger partial charge < -0.3 is 11.1 Å². The average Bonchev–Trinajstić information content (AvgIpc) is 3.47. The standard InChI is InChI=1S/C24H19F3N6S/c25-24(26,27)16-8-10-17(11-9-16)33-21(28)19-20(15-5-2-1-3-6-15)30-23(31-22(19)32-33)29-13-12-18-7-4-14-34-18/h1-11,14H,12-13,28H2,(H,29,31,32). The highest BCUT2D eigenvalue weighted by Gasteiger charge is 2.30. The number of hydrogen-bond acceptors (Lipinski definition) is 6. The van der Waals surface area contributed by atoms with Gasteiger partial charge in [-0.25, -0.2) is 9.67 Å². The van der Waals surface area contributed by atoms with E-state index in [0.717, 1.165) is 24.1 Å². The van der Waals surface area contributed by atoms with Gasteiger partial charge in [0, 0.05) is 17.0 Å². The van der Waals surface area contributed by atoms with Gasteiger partial charge in [-0.1, -0.05) is 36.4 Å². The van der Waals surface area contributed by atoms with Crippen LogP contribution in [0.1, 0.15) is 10.4 Å². The molecule has 34 heavy (non-hydrogen) atoms. The number of anilines is 2. The van der Waals surface area contributed by atoms with E-state index in [1.165, 1.54) is 21.7 Å². The van der Waals surface area contributed by atoms with Gasteiger partial charge in [0.05, 0.1) is 22.3 Å². The smallest absolute Gasteiger partial charge is 0.383 e. The quantitative estimate of drug-likeness (QED) is 0.321. The third-order valence-electron chi connectivity index (χ3n) is 5.29. The number of nitrogens with zero attached hydrogens (tertiary/aromatic N) is 4. The van der Waals surface area contributed by atoms with Crippen LogP contribution in [0, 0.1) is 0 Å². The molecular formula is C24H19F3N6S. The average molecular weight is 481 g/mol. The second-order valence-electron chi connectivity index (χ2n) is 7.56. The van der Waals surface area contributed by atoms with Crippen molar-refractivity contribution in [3.05, 3.63) is 82.6 Å². The fourth-order valence-corrected chi connectivity index (χ4v) is 4.35. The Morgan fingerprint density at radius 1 is 0.941 bits per heavy atom. The summed E-state index contributed by atoms with van der Waals surface area (Å²) < 4.78 is 40.3. The van der Waals surface area contributed by atoms with Crippen LogP contribution in [-0.4, -0.2) is 26.3 Å². The number of fused-ring (bicyclic) bond motifs is 1. The third kappa shape index (κ3) is 4.32. The van der Waals surface area contributed by atoms with E-state index < -0.39 is 11.7 Å². The van der Waals surface area contributed by atoms with Crippen molar-refractivity contribution in [2.24, 2.45) is 0 Å². The van der Waals surface area contributed by atoms with E-state index >= 15 is 0 Å². The first-order chi connectivity index (χ1) is 16.4. The first-order valence-corrected chi connectivity index (χ1v) is 11.3. The summed E-state index contributed by atoms with van der Waals surface area (Å²) in [5.41, 5.74) is 7.86. The fraction of sp³-hybridized carbons (Fsp3) is 0.125. The summed E-state index contributed by atoms with van der Waals surface area (Å²) in [6.07, 6.45) is -3.60. The number of halogens is 3. The zero-order chi connectivity index (χ0) is 23.7. The lowest BCUT2D eigenvalue weighted by molar-refractivity contribution is -0.137. The van der Waals surface area contributed by atoms with Gasteiger partial charge in [-0.2, -0.15) is 18.2 Å². The molecule has 0 bridgehead atoms. The molecular weight excluding hydrogens is 461 g/mol. The molecule has 3 heterocycles. The van der Waals surface area contributed by atoms with Crippen molar-refractivity contribution < 1.29 is 13.2 Å². The zero-order valence-electron chi connectivity index (χ0n) is 17.8. The van der Waals surface area contributed by atoms with Crippen molar-refractivity contribution >= 4 is 34.1 Å². The maximum Gasteiger partial charge on any atom is 0.416 e. The summed E-state index contributed by atoms with van der Waals surface area (Å²) in [6, 6.07) is 18.3. The Bertz CT molecular complexity index is 1410. The predicted octanol–water partition coefficient (Wildman–Crippen LogP) is 5.80. The van der Waals surface area contributed by atoms with E-state index in [9.17, 15) is 13.2 Å². The highest BCUT2D eigenvalue weighted by atomic mass is 32.1. The van der Waals surface area contributed by atoms with Crippen molar-refractivity contribution in [1.82, 2.24) is 19.7 Å². The Kier molecular flexibility index (Phi) is 5.66. The van der Waals surface area contributed by atoms with Gasteiger partial charge in [-0.3, -0.25) is 0 Å². The normalized spacial score (nSPS) is 11.7. The Morgan fingerprint density at radius 3 is 2.38 bits per heavy atom. The topological polar surface area (TPSA) is 81.7 Å². The van der Waals surface area contributed by atoms with Crippen LogP contribution >= 0.6 is 11.3 Å². The van der Waals surface area contributed by atoms with Gasteiger partial charge in [0.1, 0.15) is 5.82 Å². The van der Waals surface area contributed by atoms with Crippen LogP contribution in [0.15, 0.2) is 72.1 Å². The molecule has 6 nitrogen and oxygen atoms in total. The Hall–Kier alpha value is -3.92. The second-order valence-corrected chi connectivity index (χ2v) is 8.59. The second kappa shape index (κ2) is 8.79. The minimum absolute atomic E-state index is 0.249. The molecule has 3 N–H and O–H groups in total. The Morgan fingerprint density at radius 2 is 1.71 bits per heavy atom. The maximum absolute atomic E-state index is 13.0. The zero-order valence-corrected chi connectivity index (χ0v) is 18.6. The van der Waals surface area contributed by atoms with Gasteiger partial charge in [-0.05, 0) is 42.1 Å². The molecule has 5 aromatic rings. The third-order valence-corrected chi connectivity index (χ3v) is 6.23. The summed E-state index contributed by atoms with van der Waals surface area (Å²) in [5.74, 6) is 0.652. The van der Waals surface area contributed by atoms with Crippen LogP contribution in [0.3, 0.4) is 0 Å². The molecule has 0 aliphatic rings. The van der Waals surface area contributed by atoms with Crippen molar-refractivity contribution in [1.29, 1.82) is 0 Å². The van der Waals surface area contributed by atoms with Crippen molar-refractivity contribution in [3.8, 4) is 16.9 Å². The minimum Gasteiger partial charge on any atom is -0.383 e. The van der Waals surface area contributed by atoms with E-state index in [1.54, 1.807) is 11.3 Å². The highest BCUT2D eigenvalue weighted by molar-refractivity contribution is 7.09. The molecule has 0 unspecified atom stereocenters. The first kappa shape index (κ1) is 21.9. The monoisotopic (exact) mass is 480 g/mol. The Labute approximate surface area is 196 Å². The van der Waals surface area contributed by atoms with E-state index in [2.05, 4.69) is 21.5 Å². The minimum atomic E-state index is -4.42. The summed E-state index contributed by atoms with van der Waals surface area (Å²) >= 11 is 1.68. The number of nitrogens with one attached hydrogen (secondary N) is 1. The lowest BCUT2D eigenvalue weighted by Gasteiger charge is -2.09. The lowest BCUT2D eigenvalue weighted by atomic mass is 10.1. The molecule has 5 rings (SSSR count). The molecule has 0 radical (unpaired) electrons. The summed E-state index contributed by atoms with van der Waals surface area (Å²) in [7, 11) is 0. The van der Waals surface area contributed by atoms with E-state index in [1.807, 2.05) is 41.8 Å². The number of hydrogen-bond donors (Lipinski definition) is 2. The molecule has 0 aliphatic heterocycles.